The Bertz CT molecular complexity index is 177. The minimum atomic E-state index is 0.275. The molecule has 2 nitrogen and oxygen atoms in total. The molecule has 13 heavy (non-hydrogen) atoms. The summed E-state index contributed by atoms with van der Waals surface area (Å²) in [5.74, 6) is 1.78. The first kappa shape index (κ1) is 11.2. The molecule has 4 heteroatoms. The first-order valence-corrected chi connectivity index (χ1v) is 6.56. The normalized spacial score (nSPS) is 22.3. The molecule has 1 atom stereocenters. The smallest absolute Gasteiger partial charge is 0.223 e. The van der Waals surface area contributed by atoms with E-state index in [1.807, 2.05) is 11.2 Å². The Hall–Kier alpha value is 0.110. The van der Waals surface area contributed by atoms with E-state index in [0.29, 0.717) is 18.3 Å². The molecule has 1 rings (SSSR count). The van der Waals surface area contributed by atoms with Gasteiger partial charge in [0, 0.05) is 30.6 Å². The van der Waals surface area contributed by atoms with E-state index in [0.717, 1.165) is 25.1 Å². The highest BCUT2D eigenvalue weighted by atomic mass is 35.5. The molecule has 1 fully saturated rings. The fourth-order valence-electron chi connectivity index (χ4n) is 1.66. The van der Waals surface area contributed by atoms with Gasteiger partial charge in [0.25, 0.3) is 0 Å². The molecule has 0 N–H and O–H groups in total. The molecule has 1 saturated heterocycles. The van der Waals surface area contributed by atoms with E-state index in [-0.39, 0.29) is 5.91 Å². The zero-order chi connectivity index (χ0) is 9.68. The van der Waals surface area contributed by atoms with Gasteiger partial charge in [-0.1, -0.05) is 0 Å². The summed E-state index contributed by atoms with van der Waals surface area (Å²) in [4.78, 5) is 13.6. The number of carbonyl (C=O) groups excluding carboxylic acids is 1. The number of thioether (sulfide) groups is 1. The van der Waals surface area contributed by atoms with Crippen molar-refractivity contribution in [2.24, 2.45) is 0 Å². The Labute approximate surface area is 89.0 Å². The van der Waals surface area contributed by atoms with Crippen molar-refractivity contribution in [1.82, 2.24) is 4.90 Å². The lowest BCUT2D eigenvalue weighted by Crippen LogP contribution is -2.36. The van der Waals surface area contributed by atoms with Crippen molar-refractivity contribution in [3.63, 3.8) is 0 Å². The number of likely N-dealkylation sites (tertiary alicyclic amines) is 1. The van der Waals surface area contributed by atoms with Gasteiger partial charge in [0.2, 0.25) is 5.91 Å². The van der Waals surface area contributed by atoms with Crippen LogP contribution in [0, 0.1) is 0 Å². The van der Waals surface area contributed by atoms with Gasteiger partial charge in [-0.05, 0) is 19.1 Å². The summed E-state index contributed by atoms with van der Waals surface area (Å²) in [7, 11) is 0. The first-order chi connectivity index (χ1) is 6.29. The molecule has 0 aromatic heterocycles. The standard InChI is InChI=1S/C9H16ClNOS/c1-13-6-4-9(12)11-5-2-3-8(11)7-10/h8H,2-7H2,1H3. The highest BCUT2D eigenvalue weighted by Gasteiger charge is 2.26. The van der Waals surface area contributed by atoms with E-state index in [2.05, 4.69) is 0 Å². The molecular weight excluding hydrogens is 206 g/mol. The van der Waals surface area contributed by atoms with Crippen LogP contribution in [0.5, 0.6) is 0 Å². The van der Waals surface area contributed by atoms with Crippen LogP contribution in [0.2, 0.25) is 0 Å². The van der Waals surface area contributed by atoms with E-state index in [4.69, 9.17) is 11.6 Å². The molecule has 0 aromatic rings. The second kappa shape index (κ2) is 5.76. The molecule has 0 saturated carbocycles. The topological polar surface area (TPSA) is 20.3 Å². The van der Waals surface area contributed by atoms with Gasteiger partial charge >= 0.3 is 0 Å². The zero-order valence-electron chi connectivity index (χ0n) is 7.96. The average molecular weight is 222 g/mol. The van der Waals surface area contributed by atoms with Crippen LogP contribution >= 0.6 is 23.4 Å². The van der Waals surface area contributed by atoms with E-state index in [9.17, 15) is 4.79 Å². The molecule has 0 spiro atoms. The van der Waals surface area contributed by atoms with Gasteiger partial charge < -0.3 is 4.90 Å². The summed E-state index contributed by atoms with van der Waals surface area (Å²) >= 11 is 7.50. The van der Waals surface area contributed by atoms with Gasteiger partial charge in [-0.25, -0.2) is 0 Å². The molecule has 0 bridgehead atoms. The summed E-state index contributed by atoms with van der Waals surface area (Å²) in [6.45, 7) is 0.907. The quantitative estimate of drug-likeness (QED) is 0.677. The van der Waals surface area contributed by atoms with Crippen LogP contribution in [0.4, 0.5) is 0 Å². The summed E-state index contributed by atoms with van der Waals surface area (Å²) < 4.78 is 0. The van der Waals surface area contributed by atoms with Crippen molar-refractivity contribution < 1.29 is 4.79 Å². The average Bonchev–Trinajstić information content (AvgIpc) is 2.61. The Kier molecular flexibility index (Phi) is 4.96. The van der Waals surface area contributed by atoms with E-state index >= 15 is 0 Å². The molecule has 1 aliphatic rings. The second-order valence-electron chi connectivity index (χ2n) is 3.28. The minimum absolute atomic E-state index is 0.275. The molecule has 1 amide bonds. The monoisotopic (exact) mass is 221 g/mol. The molecular formula is C9H16ClNOS. The number of nitrogens with zero attached hydrogens (tertiary/aromatic N) is 1. The molecule has 1 heterocycles. The van der Waals surface area contributed by atoms with Crippen molar-refractivity contribution in [3.05, 3.63) is 0 Å². The van der Waals surface area contributed by atoms with Crippen LogP contribution in [0.1, 0.15) is 19.3 Å². The maximum absolute atomic E-state index is 11.6. The third kappa shape index (κ3) is 3.06. The molecule has 0 aromatic carbocycles. The van der Waals surface area contributed by atoms with Crippen LogP contribution in [0.3, 0.4) is 0 Å². The number of hydrogen-bond acceptors (Lipinski definition) is 2. The first-order valence-electron chi connectivity index (χ1n) is 4.64. The van der Waals surface area contributed by atoms with Crippen molar-refractivity contribution in [3.8, 4) is 0 Å². The molecule has 0 aliphatic carbocycles. The maximum Gasteiger partial charge on any atom is 0.223 e. The van der Waals surface area contributed by atoms with Gasteiger partial charge in [-0.2, -0.15) is 11.8 Å². The fraction of sp³-hybridized carbons (Fsp3) is 0.889. The summed E-state index contributed by atoms with van der Waals surface area (Å²) in [6, 6.07) is 0.302. The highest BCUT2D eigenvalue weighted by Crippen LogP contribution is 2.19. The van der Waals surface area contributed by atoms with Crippen molar-refractivity contribution in [1.29, 1.82) is 0 Å². The van der Waals surface area contributed by atoms with E-state index in [1.54, 1.807) is 11.8 Å². The fourth-order valence-corrected chi connectivity index (χ4v) is 2.36. The van der Waals surface area contributed by atoms with Gasteiger partial charge in [-0.15, -0.1) is 11.6 Å². The van der Waals surface area contributed by atoms with Crippen LogP contribution < -0.4 is 0 Å². The van der Waals surface area contributed by atoms with Crippen molar-refractivity contribution in [2.75, 3.05) is 24.4 Å². The number of halogens is 1. The molecule has 76 valence electrons. The van der Waals surface area contributed by atoms with E-state index < -0.39 is 0 Å². The highest BCUT2D eigenvalue weighted by molar-refractivity contribution is 7.98. The van der Waals surface area contributed by atoms with Gasteiger partial charge in [0.05, 0.1) is 0 Å². The Morgan fingerprint density at radius 3 is 3.08 bits per heavy atom. The maximum atomic E-state index is 11.6. The number of alkyl halides is 1. The largest absolute Gasteiger partial charge is 0.338 e. The lowest BCUT2D eigenvalue weighted by atomic mass is 10.2. The van der Waals surface area contributed by atoms with Crippen molar-refractivity contribution >= 4 is 29.3 Å². The predicted molar refractivity (Wildman–Crippen MR) is 58.5 cm³/mol. The SMILES string of the molecule is CSCCC(=O)N1CCCC1CCl. The number of rotatable bonds is 4. The Balaban J connectivity index is 2.36. The Morgan fingerprint density at radius 2 is 2.46 bits per heavy atom. The van der Waals surface area contributed by atoms with Crippen LogP contribution in [-0.4, -0.2) is 41.3 Å². The predicted octanol–water partition coefficient (Wildman–Crippen LogP) is 1.97. The van der Waals surface area contributed by atoms with Crippen LogP contribution in [0.15, 0.2) is 0 Å². The third-order valence-corrected chi connectivity index (χ3v) is 3.36. The van der Waals surface area contributed by atoms with Gasteiger partial charge in [0.15, 0.2) is 0 Å². The number of amides is 1. The van der Waals surface area contributed by atoms with E-state index in [1.165, 1.54) is 0 Å². The zero-order valence-corrected chi connectivity index (χ0v) is 9.53. The summed E-state index contributed by atoms with van der Waals surface area (Å²) in [6.07, 6.45) is 4.88. The molecule has 1 aliphatic heterocycles. The Morgan fingerprint density at radius 1 is 1.69 bits per heavy atom. The summed E-state index contributed by atoms with van der Waals surface area (Å²) in [5.41, 5.74) is 0. The van der Waals surface area contributed by atoms with Gasteiger partial charge in [0.1, 0.15) is 0 Å². The van der Waals surface area contributed by atoms with Gasteiger partial charge in [-0.3, -0.25) is 4.79 Å². The number of hydrogen-bond donors (Lipinski definition) is 0. The van der Waals surface area contributed by atoms with Crippen LogP contribution in [0.25, 0.3) is 0 Å². The van der Waals surface area contributed by atoms with Crippen LogP contribution in [-0.2, 0) is 4.79 Å². The minimum Gasteiger partial charge on any atom is -0.338 e. The molecule has 1 unspecified atom stereocenters. The number of carbonyl (C=O) groups is 1. The second-order valence-corrected chi connectivity index (χ2v) is 4.57. The van der Waals surface area contributed by atoms with Crippen molar-refractivity contribution in [2.45, 2.75) is 25.3 Å². The lowest BCUT2D eigenvalue weighted by Gasteiger charge is -2.22. The lowest BCUT2D eigenvalue weighted by molar-refractivity contribution is -0.131. The molecule has 0 radical (unpaired) electrons. The third-order valence-electron chi connectivity index (χ3n) is 2.40. The summed E-state index contributed by atoms with van der Waals surface area (Å²) in [5, 5.41) is 0.